The second kappa shape index (κ2) is 14.2. The summed E-state index contributed by atoms with van der Waals surface area (Å²) in [6.45, 7) is 1.87. The Labute approximate surface area is 277 Å². The molecule has 0 radical (unpaired) electrons. The van der Waals surface area contributed by atoms with Crippen molar-refractivity contribution in [1.82, 2.24) is 25.1 Å². The molecule has 0 atom stereocenters. The fourth-order valence-electron chi connectivity index (χ4n) is 6.01. The van der Waals surface area contributed by atoms with Crippen LogP contribution in [-0.2, 0) is 24.6 Å². The van der Waals surface area contributed by atoms with Crippen LogP contribution in [0.2, 0.25) is 10.0 Å². The number of benzene rings is 2. The number of methoxy groups -OCH3 is 1. The van der Waals surface area contributed by atoms with Crippen molar-refractivity contribution in [3.05, 3.63) is 92.5 Å². The number of rotatable bonds is 6. The van der Waals surface area contributed by atoms with Crippen molar-refractivity contribution < 1.29 is 9.47 Å². The van der Waals surface area contributed by atoms with Crippen LogP contribution in [0.4, 0.5) is 11.5 Å². The van der Waals surface area contributed by atoms with Gasteiger partial charge in [-0.2, -0.15) is 5.10 Å². The standard InChI is InChI=1S/C29H23Cl2N5O2.C6H13NO/c1-36-29(37)24-17(15-33-36)12-13-32-27(24)34-22-11-5-9-20(26(22)31)19-8-4-10-21(25(19)30)23-14-16-6-3-7-18(16)28(35-23)38-2;1-7-6-2-4-8-5-3-6/h4-5,8-15H,3,6-7H2,1-2H3,(H,32,34);6-7H,2-5H2,1H3. The molecule has 2 aliphatic rings. The normalized spacial score (nSPS) is 14.5. The first-order valence-electron chi connectivity index (χ1n) is 15.4. The lowest BCUT2D eigenvalue weighted by molar-refractivity contribution is 0.0799. The Bertz CT molecular complexity index is 1940. The van der Waals surface area contributed by atoms with E-state index < -0.39 is 0 Å². The molecule has 1 aliphatic heterocycles. The molecule has 1 aliphatic carbocycles. The molecule has 5 aromatic rings. The molecule has 0 saturated carbocycles. The molecule has 4 heterocycles. The van der Waals surface area contributed by atoms with E-state index >= 15 is 0 Å². The van der Waals surface area contributed by atoms with Gasteiger partial charge in [0.25, 0.3) is 5.56 Å². The van der Waals surface area contributed by atoms with E-state index in [9.17, 15) is 4.79 Å². The summed E-state index contributed by atoms with van der Waals surface area (Å²) < 4.78 is 12.0. The highest BCUT2D eigenvalue weighted by Gasteiger charge is 2.22. The van der Waals surface area contributed by atoms with E-state index in [0.29, 0.717) is 44.2 Å². The number of nitrogens with zero attached hydrogens (tertiary/aromatic N) is 4. The topological polar surface area (TPSA) is 103 Å². The molecule has 0 bridgehead atoms. The molecule has 9 nitrogen and oxygen atoms in total. The van der Waals surface area contributed by atoms with Gasteiger partial charge >= 0.3 is 0 Å². The Morgan fingerprint density at radius 2 is 1.74 bits per heavy atom. The molecule has 2 aromatic carbocycles. The van der Waals surface area contributed by atoms with E-state index in [2.05, 4.69) is 26.8 Å². The number of aromatic nitrogens is 4. The summed E-state index contributed by atoms with van der Waals surface area (Å²) in [6, 6.07) is 16.0. The average molecular weight is 660 g/mol. The van der Waals surface area contributed by atoms with Crippen LogP contribution in [0.25, 0.3) is 33.2 Å². The third-order valence-corrected chi connectivity index (χ3v) is 9.37. The van der Waals surface area contributed by atoms with Crippen LogP contribution in [0.5, 0.6) is 5.88 Å². The van der Waals surface area contributed by atoms with E-state index in [1.54, 1.807) is 32.6 Å². The lowest BCUT2D eigenvalue weighted by atomic mass is 9.99. The molecule has 0 amide bonds. The largest absolute Gasteiger partial charge is 0.481 e. The minimum absolute atomic E-state index is 0.251. The number of hydrogen-bond donors (Lipinski definition) is 2. The fraction of sp³-hybridized carbons (Fsp3) is 0.314. The Morgan fingerprint density at radius 1 is 1.00 bits per heavy atom. The number of hydrogen-bond acceptors (Lipinski definition) is 8. The Balaban J connectivity index is 0.000000407. The maximum Gasteiger partial charge on any atom is 0.278 e. The van der Waals surface area contributed by atoms with Gasteiger partial charge in [-0.25, -0.2) is 14.6 Å². The molecule has 0 spiro atoms. The highest BCUT2D eigenvalue weighted by Crippen LogP contribution is 2.43. The van der Waals surface area contributed by atoms with Crippen molar-refractivity contribution in [3.8, 4) is 28.3 Å². The summed E-state index contributed by atoms with van der Waals surface area (Å²) in [7, 11) is 5.26. The van der Waals surface area contributed by atoms with E-state index in [4.69, 9.17) is 37.7 Å². The first kappa shape index (κ1) is 31.9. The van der Waals surface area contributed by atoms with Crippen LogP contribution in [0, 0.1) is 0 Å². The van der Waals surface area contributed by atoms with Gasteiger partial charge < -0.3 is 20.1 Å². The molecule has 7 rings (SSSR count). The molecule has 0 unspecified atom stereocenters. The summed E-state index contributed by atoms with van der Waals surface area (Å²) in [5.41, 5.74) is 5.86. The second-order valence-corrected chi connectivity index (χ2v) is 12.1. The van der Waals surface area contributed by atoms with Crippen molar-refractivity contribution in [2.45, 2.75) is 38.1 Å². The van der Waals surface area contributed by atoms with Crippen molar-refractivity contribution in [2.24, 2.45) is 7.05 Å². The first-order chi connectivity index (χ1) is 22.4. The Kier molecular flexibility index (Phi) is 9.84. The lowest BCUT2D eigenvalue weighted by Crippen LogP contribution is -2.31. The van der Waals surface area contributed by atoms with Gasteiger partial charge in [0, 0.05) is 60.1 Å². The van der Waals surface area contributed by atoms with Crippen LogP contribution >= 0.6 is 23.2 Å². The Morgan fingerprint density at radius 3 is 2.48 bits per heavy atom. The van der Waals surface area contributed by atoms with Gasteiger partial charge in [-0.15, -0.1) is 0 Å². The van der Waals surface area contributed by atoms with E-state index in [-0.39, 0.29) is 5.56 Å². The molecule has 2 N–H and O–H groups in total. The number of aryl methyl sites for hydroxylation is 2. The fourth-order valence-corrected chi connectivity index (χ4v) is 6.61. The minimum Gasteiger partial charge on any atom is -0.481 e. The van der Waals surface area contributed by atoms with Gasteiger partial charge in [0.1, 0.15) is 5.82 Å². The zero-order chi connectivity index (χ0) is 32.2. The summed E-state index contributed by atoms with van der Waals surface area (Å²) in [6.07, 6.45) is 8.68. The van der Waals surface area contributed by atoms with Crippen molar-refractivity contribution in [3.63, 3.8) is 0 Å². The molecular weight excluding hydrogens is 623 g/mol. The lowest BCUT2D eigenvalue weighted by Gasteiger charge is -2.20. The predicted molar refractivity (Wildman–Crippen MR) is 185 cm³/mol. The molecule has 3 aromatic heterocycles. The van der Waals surface area contributed by atoms with Crippen molar-refractivity contribution >= 4 is 45.5 Å². The van der Waals surface area contributed by atoms with Gasteiger partial charge in [0.05, 0.1) is 40.1 Å². The highest BCUT2D eigenvalue weighted by atomic mass is 35.5. The molecular formula is C35H36Cl2N6O3. The maximum absolute atomic E-state index is 12.8. The summed E-state index contributed by atoms with van der Waals surface area (Å²) in [5, 5.41) is 12.7. The molecule has 46 heavy (non-hydrogen) atoms. The number of pyridine rings is 2. The SMILES string of the molecule is CNC1CCOCC1.COc1nc(-c2cccc(-c3cccc(Nc4nccc5cnn(C)c(=O)c45)c3Cl)c2Cl)cc2c1CCC2. The quantitative estimate of drug-likeness (QED) is 0.201. The number of nitrogens with one attached hydrogen (secondary N) is 2. The van der Waals surface area contributed by atoms with Crippen LogP contribution in [0.3, 0.4) is 0 Å². The zero-order valence-corrected chi connectivity index (χ0v) is 27.6. The van der Waals surface area contributed by atoms with Gasteiger partial charge in [0.2, 0.25) is 5.88 Å². The van der Waals surface area contributed by atoms with Crippen LogP contribution < -0.4 is 20.9 Å². The van der Waals surface area contributed by atoms with Crippen molar-refractivity contribution in [1.29, 1.82) is 0 Å². The van der Waals surface area contributed by atoms with Crippen LogP contribution in [0.1, 0.15) is 30.4 Å². The first-order valence-corrected chi connectivity index (χ1v) is 16.1. The molecule has 1 saturated heterocycles. The molecule has 11 heteroatoms. The number of halogens is 2. The van der Waals surface area contributed by atoms with Gasteiger partial charge in [-0.3, -0.25) is 4.79 Å². The van der Waals surface area contributed by atoms with Crippen molar-refractivity contribution in [2.75, 3.05) is 32.7 Å². The second-order valence-electron chi connectivity index (χ2n) is 11.3. The monoisotopic (exact) mass is 658 g/mol. The highest BCUT2D eigenvalue weighted by molar-refractivity contribution is 6.39. The van der Waals surface area contributed by atoms with Crippen LogP contribution in [0.15, 0.2) is 65.7 Å². The van der Waals surface area contributed by atoms with Gasteiger partial charge in [0.15, 0.2) is 0 Å². The van der Waals surface area contributed by atoms with Gasteiger partial charge in [-0.05, 0) is 62.9 Å². The van der Waals surface area contributed by atoms with E-state index in [1.165, 1.54) is 28.7 Å². The molecule has 238 valence electrons. The maximum atomic E-state index is 12.8. The zero-order valence-electron chi connectivity index (χ0n) is 26.1. The average Bonchev–Trinajstić information content (AvgIpc) is 3.57. The third kappa shape index (κ3) is 6.46. The smallest absolute Gasteiger partial charge is 0.278 e. The summed E-state index contributed by atoms with van der Waals surface area (Å²) in [4.78, 5) is 22.0. The Hall–Kier alpha value is -4.02. The molecule has 1 fully saturated rings. The summed E-state index contributed by atoms with van der Waals surface area (Å²) >= 11 is 13.9. The van der Waals surface area contributed by atoms with E-state index in [1.807, 2.05) is 43.4 Å². The number of ether oxygens (including phenoxy) is 2. The predicted octanol–water partition coefficient (Wildman–Crippen LogP) is 6.99. The van der Waals surface area contributed by atoms with Crippen LogP contribution in [-0.4, -0.2) is 53.2 Å². The summed E-state index contributed by atoms with van der Waals surface area (Å²) in [5.74, 6) is 1.06. The number of anilines is 2. The minimum atomic E-state index is -0.251. The third-order valence-electron chi connectivity index (χ3n) is 8.55. The van der Waals surface area contributed by atoms with E-state index in [0.717, 1.165) is 54.9 Å². The number of fused-ring (bicyclic) bond motifs is 2. The van der Waals surface area contributed by atoms with Gasteiger partial charge in [-0.1, -0.05) is 53.5 Å².